The Balaban J connectivity index is 0.000000775. The van der Waals surface area contributed by atoms with Crippen molar-refractivity contribution in [2.75, 3.05) is 5.32 Å². The molecule has 4 aromatic rings. The minimum Gasteiger partial charge on any atom is -0.489 e. The first-order valence-corrected chi connectivity index (χ1v) is 10.3. The van der Waals surface area contributed by atoms with Crippen molar-refractivity contribution in [2.45, 2.75) is 26.4 Å². The maximum atomic E-state index is 12.0. The van der Waals surface area contributed by atoms with Gasteiger partial charge in [-0.15, -0.1) is 5.10 Å². The zero-order valence-corrected chi connectivity index (χ0v) is 17.6. The Labute approximate surface area is 185 Å². The molecule has 0 saturated heterocycles. The van der Waals surface area contributed by atoms with E-state index in [-0.39, 0.29) is 11.8 Å². The molecule has 3 aromatic heterocycles. The highest BCUT2D eigenvalue weighted by atomic mass is 16.5. The average Bonchev–Trinajstić information content (AvgIpc) is 3.59. The Bertz CT molecular complexity index is 1240. The molecule has 1 fully saturated rings. The molecule has 0 aliphatic heterocycles. The number of nitriles is 1. The van der Waals surface area contributed by atoms with Crippen molar-refractivity contribution in [1.82, 2.24) is 19.6 Å². The van der Waals surface area contributed by atoms with Gasteiger partial charge in [-0.25, -0.2) is 4.52 Å². The van der Waals surface area contributed by atoms with E-state index in [2.05, 4.69) is 20.4 Å². The summed E-state index contributed by atoms with van der Waals surface area (Å²) in [4.78, 5) is 20.5. The molecule has 32 heavy (non-hydrogen) atoms. The minimum absolute atomic E-state index is 0.00225. The highest BCUT2D eigenvalue weighted by Crippen LogP contribution is 2.30. The van der Waals surface area contributed by atoms with Crippen molar-refractivity contribution in [2.24, 2.45) is 5.92 Å². The molecule has 5 rings (SSSR count). The van der Waals surface area contributed by atoms with Crippen LogP contribution in [0, 0.1) is 17.2 Å². The van der Waals surface area contributed by atoms with Gasteiger partial charge in [-0.1, -0.05) is 12.1 Å². The summed E-state index contributed by atoms with van der Waals surface area (Å²) in [5.74, 6) is 1.23. The van der Waals surface area contributed by atoms with Gasteiger partial charge < -0.3 is 4.74 Å². The monoisotopic (exact) mass is 426 g/mol. The molecule has 1 aliphatic carbocycles. The summed E-state index contributed by atoms with van der Waals surface area (Å²) < 4.78 is 7.57. The summed E-state index contributed by atoms with van der Waals surface area (Å²) in [7, 11) is 0. The summed E-state index contributed by atoms with van der Waals surface area (Å²) >= 11 is 0. The van der Waals surface area contributed by atoms with Crippen LogP contribution < -0.4 is 10.1 Å². The van der Waals surface area contributed by atoms with Gasteiger partial charge in [0.05, 0.1) is 11.8 Å². The van der Waals surface area contributed by atoms with Crippen LogP contribution in [0.5, 0.6) is 5.75 Å². The first-order chi connectivity index (χ1) is 15.7. The van der Waals surface area contributed by atoms with E-state index in [0.29, 0.717) is 18.2 Å². The summed E-state index contributed by atoms with van der Waals surface area (Å²) in [5, 5.41) is 14.6. The Kier molecular flexibility index (Phi) is 6.37. The molecule has 0 spiro atoms. The molecule has 0 bridgehead atoms. The quantitative estimate of drug-likeness (QED) is 0.494. The third-order valence-corrected chi connectivity index (χ3v) is 4.82. The molecule has 0 radical (unpaired) electrons. The van der Waals surface area contributed by atoms with Gasteiger partial charge in [0.15, 0.2) is 5.65 Å². The number of aromatic nitrogens is 4. The number of benzene rings is 1. The van der Waals surface area contributed by atoms with Crippen LogP contribution in [-0.4, -0.2) is 25.5 Å². The summed E-state index contributed by atoms with van der Waals surface area (Å²) in [6.07, 6.45) is 5.42. The zero-order valence-electron chi connectivity index (χ0n) is 17.6. The molecule has 8 heteroatoms. The van der Waals surface area contributed by atoms with Crippen LogP contribution in [0.4, 0.5) is 5.95 Å². The predicted molar refractivity (Wildman–Crippen MR) is 120 cm³/mol. The molecular weight excluding hydrogens is 404 g/mol. The number of carbonyl (C=O) groups excluding carboxylic acids is 1. The van der Waals surface area contributed by atoms with Crippen LogP contribution >= 0.6 is 0 Å². The number of hydrogen-bond donors (Lipinski definition) is 1. The van der Waals surface area contributed by atoms with Crippen molar-refractivity contribution < 1.29 is 9.53 Å². The minimum atomic E-state index is -0.00225. The molecule has 1 amide bonds. The number of pyridine rings is 2. The molecule has 1 saturated carbocycles. The van der Waals surface area contributed by atoms with E-state index < -0.39 is 0 Å². The van der Waals surface area contributed by atoms with Crippen LogP contribution in [-0.2, 0) is 11.4 Å². The Hall–Kier alpha value is -4.25. The topological polar surface area (TPSA) is 105 Å². The molecule has 1 N–H and O–H groups in total. The van der Waals surface area contributed by atoms with Crippen LogP contribution in [0.25, 0.3) is 16.9 Å². The third kappa shape index (κ3) is 5.08. The molecule has 1 aliphatic rings. The van der Waals surface area contributed by atoms with Crippen LogP contribution in [0.15, 0.2) is 67.0 Å². The van der Waals surface area contributed by atoms with Gasteiger partial charge in [0.1, 0.15) is 12.4 Å². The van der Waals surface area contributed by atoms with E-state index in [0.717, 1.165) is 35.4 Å². The molecule has 3 heterocycles. The fraction of sp³-hybridized carbons (Fsp3) is 0.208. The van der Waals surface area contributed by atoms with Gasteiger partial charge >= 0.3 is 0 Å². The lowest BCUT2D eigenvalue weighted by Gasteiger charge is -2.08. The van der Waals surface area contributed by atoms with Gasteiger partial charge in [0.2, 0.25) is 11.9 Å². The Morgan fingerprint density at radius 1 is 1.19 bits per heavy atom. The molecule has 0 atom stereocenters. The van der Waals surface area contributed by atoms with Crippen molar-refractivity contribution in [1.29, 1.82) is 5.26 Å². The smallest absolute Gasteiger partial charge is 0.249 e. The standard InChI is InChI=1S/C22H19N5O2.C2H3N/c28-21(17-6-7-17)25-22-24-20-5-1-4-19(27(20)26-22)16-8-10-18(11-9-16)29-14-15-3-2-12-23-13-15;1-2-3/h1-5,8-13,17H,6-7,14H2,(H,25,26,28);1H3. The second kappa shape index (κ2) is 9.71. The van der Waals surface area contributed by atoms with Crippen molar-refractivity contribution >= 4 is 17.5 Å². The maximum absolute atomic E-state index is 12.0. The molecular formula is C24H22N6O2. The lowest BCUT2D eigenvalue weighted by Crippen LogP contribution is -2.14. The fourth-order valence-electron chi connectivity index (χ4n) is 3.11. The summed E-state index contributed by atoms with van der Waals surface area (Å²) in [5.41, 5.74) is 3.57. The van der Waals surface area contributed by atoms with E-state index >= 15 is 0 Å². The highest BCUT2D eigenvalue weighted by molar-refractivity contribution is 5.92. The zero-order chi connectivity index (χ0) is 22.3. The van der Waals surface area contributed by atoms with Crippen molar-refractivity contribution in [3.63, 3.8) is 0 Å². The lowest BCUT2D eigenvalue weighted by atomic mass is 10.1. The lowest BCUT2D eigenvalue weighted by molar-refractivity contribution is -0.117. The normalized spacial score (nSPS) is 12.4. The molecule has 0 unspecified atom stereocenters. The van der Waals surface area contributed by atoms with Crippen LogP contribution in [0.3, 0.4) is 0 Å². The second-order valence-electron chi connectivity index (χ2n) is 7.28. The van der Waals surface area contributed by atoms with Gasteiger partial charge in [-0.05, 0) is 55.3 Å². The fourth-order valence-corrected chi connectivity index (χ4v) is 3.11. The van der Waals surface area contributed by atoms with Crippen molar-refractivity contribution in [3.8, 4) is 23.1 Å². The van der Waals surface area contributed by atoms with E-state index in [4.69, 9.17) is 10.00 Å². The number of fused-ring (bicyclic) bond motifs is 1. The van der Waals surface area contributed by atoms with Gasteiger partial charge in [0.25, 0.3) is 0 Å². The van der Waals surface area contributed by atoms with Crippen LogP contribution in [0.1, 0.15) is 25.3 Å². The number of nitrogens with zero attached hydrogens (tertiary/aromatic N) is 5. The summed E-state index contributed by atoms with van der Waals surface area (Å²) in [6, 6.07) is 19.2. The third-order valence-electron chi connectivity index (χ3n) is 4.82. The number of anilines is 1. The van der Waals surface area contributed by atoms with E-state index in [1.165, 1.54) is 6.92 Å². The average molecular weight is 426 g/mol. The predicted octanol–water partition coefficient (Wildman–Crippen LogP) is 4.25. The Morgan fingerprint density at radius 2 is 1.97 bits per heavy atom. The van der Waals surface area contributed by atoms with E-state index in [1.54, 1.807) is 23.0 Å². The second-order valence-corrected chi connectivity index (χ2v) is 7.28. The first kappa shape index (κ1) is 21.0. The van der Waals surface area contributed by atoms with Crippen molar-refractivity contribution in [3.05, 3.63) is 72.6 Å². The van der Waals surface area contributed by atoms with Gasteiger partial charge in [-0.2, -0.15) is 10.2 Å². The van der Waals surface area contributed by atoms with E-state index in [1.807, 2.05) is 54.6 Å². The molecule has 1 aromatic carbocycles. The SMILES string of the molecule is CC#N.O=C(Nc1nc2cccc(-c3ccc(OCc4cccnc4)cc3)n2n1)C1CC1. The summed E-state index contributed by atoms with van der Waals surface area (Å²) in [6.45, 7) is 1.90. The van der Waals surface area contributed by atoms with Crippen LogP contribution in [0.2, 0.25) is 0 Å². The number of carbonyl (C=O) groups is 1. The molecule has 160 valence electrons. The Morgan fingerprint density at radius 3 is 2.66 bits per heavy atom. The largest absolute Gasteiger partial charge is 0.489 e. The van der Waals surface area contributed by atoms with Gasteiger partial charge in [-0.3, -0.25) is 15.1 Å². The number of amides is 1. The van der Waals surface area contributed by atoms with E-state index in [9.17, 15) is 4.79 Å². The number of ether oxygens (including phenoxy) is 1. The number of nitrogens with one attached hydrogen (secondary N) is 1. The number of hydrogen-bond acceptors (Lipinski definition) is 6. The highest BCUT2D eigenvalue weighted by Gasteiger charge is 2.30. The van der Waals surface area contributed by atoms with Gasteiger partial charge in [0, 0.05) is 36.4 Å². The maximum Gasteiger partial charge on any atom is 0.249 e. The first-order valence-electron chi connectivity index (χ1n) is 10.3. The number of rotatable bonds is 6. The molecule has 8 nitrogen and oxygen atoms in total.